The van der Waals surface area contributed by atoms with Gasteiger partial charge in [0.1, 0.15) is 0 Å². The first kappa shape index (κ1) is 11.5. The molecule has 0 spiro atoms. The van der Waals surface area contributed by atoms with Crippen molar-refractivity contribution in [1.29, 1.82) is 0 Å². The molecule has 1 rings (SSSR count). The Bertz CT molecular complexity index is 198. The van der Waals surface area contributed by atoms with Crippen LogP contribution in [0.25, 0.3) is 0 Å². The maximum atomic E-state index is 10.8. The van der Waals surface area contributed by atoms with Crippen molar-refractivity contribution >= 4 is 5.97 Å². The molecular formula is C10H19NO3. The summed E-state index contributed by atoms with van der Waals surface area (Å²) in [7, 11) is 0. The van der Waals surface area contributed by atoms with E-state index in [1.807, 2.05) is 13.8 Å². The third kappa shape index (κ3) is 3.27. The highest BCUT2D eigenvalue weighted by atomic mass is 16.5. The number of carboxylic acids is 1. The minimum absolute atomic E-state index is 0.0902. The van der Waals surface area contributed by atoms with E-state index in [4.69, 9.17) is 9.84 Å². The molecule has 4 heteroatoms. The number of aliphatic carboxylic acids is 1. The standard InChI is InChI=1S/C10H19NO3/c1-8(2)14-10(7-9(12)13)3-5-11-6-4-10/h8,11H,3-7H2,1-2H3,(H,12,13). The Morgan fingerprint density at radius 3 is 2.50 bits per heavy atom. The first-order valence-corrected chi connectivity index (χ1v) is 5.14. The van der Waals surface area contributed by atoms with Gasteiger partial charge in [-0.2, -0.15) is 0 Å². The molecule has 1 saturated heterocycles. The van der Waals surface area contributed by atoms with Crippen LogP contribution in [-0.4, -0.2) is 35.9 Å². The maximum Gasteiger partial charge on any atom is 0.306 e. The van der Waals surface area contributed by atoms with E-state index in [2.05, 4.69) is 5.32 Å². The van der Waals surface area contributed by atoms with Crippen LogP contribution in [-0.2, 0) is 9.53 Å². The Morgan fingerprint density at radius 1 is 1.50 bits per heavy atom. The SMILES string of the molecule is CC(C)OC1(CC(=O)O)CCNCC1. The van der Waals surface area contributed by atoms with Crippen molar-refractivity contribution in [2.24, 2.45) is 0 Å². The van der Waals surface area contributed by atoms with Crippen LogP contribution in [0.5, 0.6) is 0 Å². The van der Waals surface area contributed by atoms with Crippen molar-refractivity contribution in [1.82, 2.24) is 5.32 Å². The van der Waals surface area contributed by atoms with Crippen LogP contribution in [0.1, 0.15) is 33.1 Å². The third-order valence-corrected chi connectivity index (χ3v) is 2.47. The number of carbonyl (C=O) groups is 1. The monoisotopic (exact) mass is 201 g/mol. The number of hydrogen-bond acceptors (Lipinski definition) is 3. The Kier molecular flexibility index (Phi) is 3.89. The van der Waals surface area contributed by atoms with E-state index >= 15 is 0 Å². The molecule has 2 N–H and O–H groups in total. The van der Waals surface area contributed by atoms with Gasteiger partial charge < -0.3 is 15.2 Å². The average molecular weight is 201 g/mol. The highest BCUT2D eigenvalue weighted by molar-refractivity contribution is 5.68. The fourth-order valence-electron chi connectivity index (χ4n) is 1.99. The van der Waals surface area contributed by atoms with Crippen molar-refractivity contribution < 1.29 is 14.6 Å². The van der Waals surface area contributed by atoms with E-state index in [-0.39, 0.29) is 12.5 Å². The summed E-state index contributed by atoms with van der Waals surface area (Å²) in [6.07, 6.45) is 1.79. The van der Waals surface area contributed by atoms with Gasteiger partial charge in [0.2, 0.25) is 0 Å². The molecular weight excluding hydrogens is 182 g/mol. The summed E-state index contributed by atoms with van der Waals surface area (Å²) in [5, 5.41) is 12.1. The summed E-state index contributed by atoms with van der Waals surface area (Å²) in [5.41, 5.74) is -0.439. The second kappa shape index (κ2) is 4.75. The lowest BCUT2D eigenvalue weighted by Crippen LogP contribution is -2.46. The third-order valence-electron chi connectivity index (χ3n) is 2.47. The number of carboxylic acid groups (broad SMARTS) is 1. The molecule has 0 atom stereocenters. The summed E-state index contributed by atoms with van der Waals surface area (Å²) >= 11 is 0. The molecule has 1 aliphatic heterocycles. The van der Waals surface area contributed by atoms with Crippen molar-refractivity contribution in [2.75, 3.05) is 13.1 Å². The lowest BCUT2D eigenvalue weighted by atomic mass is 9.88. The zero-order chi connectivity index (χ0) is 10.6. The van der Waals surface area contributed by atoms with Gasteiger partial charge in [0.25, 0.3) is 0 Å². The van der Waals surface area contributed by atoms with Crippen molar-refractivity contribution in [3.63, 3.8) is 0 Å². The van der Waals surface area contributed by atoms with E-state index in [0.29, 0.717) is 0 Å². The Hall–Kier alpha value is -0.610. The smallest absolute Gasteiger partial charge is 0.306 e. The minimum Gasteiger partial charge on any atom is -0.481 e. The molecule has 0 saturated carbocycles. The van der Waals surface area contributed by atoms with E-state index < -0.39 is 11.6 Å². The lowest BCUT2D eigenvalue weighted by molar-refractivity contribution is -0.152. The van der Waals surface area contributed by atoms with Crippen molar-refractivity contribution in [3.8, 4) is 0 Å². The largest absolute Gasteiger partial charge is 0.481 e. The molecule has 0 bridgehead atoms. The van der Waals surface area contributed by atoms with Crippen LogP contribution >= 0.6 is 0 Å². The van der Waals surface area contributed by atoms with Crippen LogP contribution in [0.15, 0.2) is 0 Å². The van der Waals surface area contributed by atoms with Crippen LogP contribution in [0.4, 0.5) is 0 Å². The summed E-state index contributed by atoms with van der Waals surface area (Å²) in [4.78, 5) is 10.8. The molecule has 1 heterocycles. The first-order chi connectivity index (χ1) is 6.54. The fraction of sp³-hybridized carbons (Fsp3) is 0.900. The van der Waals surface area contributed by atoms with Gasteiger partial charge in [0.15, 0.2) is 0 Å². The van der Waals surface area contributed by atoms with Crippen LogP contribution in [0.2, 0.25) is 0 Å². The molecule has 14 heavy (non-hydrogen) atoms. The summed E-state index contributed by atoms with van der Waals surface area (Å²) in [5.74, 6) is -0.771. The molecule has 0 aromatic rings. The number of ether oxygens (including phenoxy) is 1. The first-order valence-electron chi connectivity index (χ1n) is 5.14. The van der Waals surface area contributed by atoms with Crippen molar-refractivity contribution in [3.05, 3.63) is 0 Å². The molecule has 82 valence electrons. The van der Waals surface area contributed by atoms with E-state index in [0.717, 1.165) is 25.9 Å². The molecule has 0 aliphatic carbocycles. The normalized spacial score (nSPS) is 21.1. The maximum absolute atomic E-state index is 10.8. The zero-order valence-corrected chi connectivity index (χ0v) is 8.88. The van der Waals surface area contributed by atoms with Gasteiger partial charge in [0, 0.05) is 0 Å². The number of rotatable bonds is 4. The van der Waals surface area contributed by atoms with Gasteiger partial charge >= 0.3 is 5.97 Å². The van der Waals surface area contributed by atoms with Crippen LogP contribution < -0.4 is 5.32 Å². The minimum atomic E-state index is -0.771. The van der Waals surface area contributed by atoms with Gasteiger partial charge in [-0.1, -0.05) is 0 Å². The van der Waals surface area contributed by atoms with Gasteiger partial charge in [0.05, 0.1) is 18.1 Å². The lowest BCUT2D eigenvalue weighted by Gasteiger charge is -2.37. The van der Waals surface area contributed by atoms with Gasteiger partial charge in [-0.25, -0.2) is 0 Å². The molecule has 1 fully saturated rings. The second-order valence-electron chi connectivity index (χ2n) is 4.17. The zero-order valence-electron chi connectivity index (χ0n) is 8.88. The van der Waals surface area contributed by atoms with Gasteiger partial charge in [-0.3, -0.25) is 4.79 Å². The predicted octanol–water partition coefficient (Wildman–Crippen LogP) is 1.01. The molecule has 0 unspecified atom stereocenters. The fourth-order valence-corrected chi connectivity index (χ4v) is 1.99. The second-order valence-corrected chi connectivity index (χ2v) is 4.17. The van der Waals surface area contributed by atoms with Gasteiger partial charge in [-0.05, 0) is 39.8 Å². The van der Waals surface area contributed by atoms with Crippen LogP contribution in [0.3, 0.4) is 0 Å². The van der Waals surface area contributed by atoms with E-state index in [1.54, 1.807) is 0 Å². The van der Waals surface area contributed by atoms with Gasteiger partial charge in [-0.15, -0.1) is 0 Å². The number of piperidine rings is 1. The summed E-state index contributed by atoms with van der Waals surface area (Å²) < 4.78 is 5.77. The molecule has 0 aromatic heterocycles. The van der Waals surface area contributed by atoms with Crippen LogP contribution in [0, 0.1) is 0 Å². The van der Waals surface area contributed by atoms with E-state index in [1.165, 1.54) is 0 Å². The molecule has 4 nitrogen and oxygen atoms in total. The van der Waals surface area contributed by atoms with E-state index in [9.17, 15) is 4.79 Å². The Labute approximate surface area is 84.6 Å². The summed E-state index contributed by atoms with van der Waals surface area (Å²) in [6.45, 7) is 5.59. The molecule has 1 aliphatic rings. The topological polar surface area (TPSA) is 58.6 Å². The molecule has 0 radical (unpaired) electrons. The molecule has 0 aromatic carbocycles. The quantitative estimate of drug-likeness (QED) is 0.712. The summed E-state index contributed by atoms with van der Waals surface area (Å²) in [6, 6.07) is 0. The van der Waals surface area contributed by atoms with Crippen molar-refractivity contribution in [2.45, 2.75) is 44.8 Å². The average Bonchev–Trinajstić information content (AvgIpc) is 2.01. The number of hydrogen-bond donors (Lipinski definition) is 2. The highest BCUT2D eigenvalue weighted by Gasteiger charge is 2.36. The molecule has 0 amide bonds. The predicted molar refractivity (Wildman–Crippen MR) is 53.3 cm³/mol. The Balaban J connectivity index is 2.61. The Morgan fingerprint density at radius 2 is 2.07 bits per heavy atom. The highest BCUT2D eigenvalue weighted by Crippen LogP contribution is 2.28. The number of nitrogens with one attached hydrogen (secondary N) is 1.